The highest BCUT2D eigenvalue weighted by Gasteiger charge is 2.33. The maximum Gasteiger partial charge on any atom is 0.182 e. The number of anilines is 1. The Labute approximate surface area is 124 Å². The highest BCUT2D eigenvalue weighted by molar-refractivity contribution is 5.83. The van der Waals surface area contributed by atoms with Gasteiger partial charge in [0.25, 0.3) is 0 Å². The number of H-pyrrole nitrogens is 1. The van der Waals surface area contributed by atoms with Crippen molar-refractivity contribution in [3.05, 3.63) is 42.9 Å². The standard InChI is InChI=1S/C14H12N8/c1-2-4-22-10(3-1)19-20-13(22)9-5-21(6-9)14-11-12(16-7-15-11)17-8-18-14/h1-4,7-9H,5-6H2,(H,15,16,17,18). The summed E-state index contributed by atoms with van der Waals surface area (Å²) in [4.78, 5) is 18.0. The largest absolute Gasteiger partial charge is 0.353 e. The zero-order valence-electron chi connectivity index (χ0n) is 11.6. The number of imidazole rings is 1. The van der Waals surface area contributed by atoms with Crippen LogP contribution in [0.5, 0.6) is 0 Å². The number of fused-ring (bicyclic) bond motifs is 2. The Kier molecular flexibility index (Phi) is 2.23. The number of rotatable bonds is 2. The molecule has 1 N–H and O–H groups in total. The number of hydrogen-bond donors (Lipinski definition) is 1. The van der Waals surface area contributed by atoms with Crippen LogP contribution in [0.25, 0.3) is 16.8 Å². The summed E-state index contributed by atoms with van der Waals surface area (Å²) in [6.07, 6.45) is 5.20. The zero-order chi connectivity index (χ0) is 14.5. The lowest BCUT2D eigenvalue weighted by atomic mass is 9.99. The van der Waals surface area contributed by atoms with E-state index >= 15 is 0 Å². The first-order chi connectivity index (χ1) is 10.9. The smallest absolute Gasteiger partial charge is 0.182 e. The molecule has 1 fully saturated rings. The Hall–Kier alpha value is -3.03. The molecular formula is C14H12N8. The minimum absolute atomic E-state index is 0.352. The molecule has 108 valence electrons. The average molecular weight is 292 g/mol. The van der Waals surface area contributed by atoms with Gasteiger partial charge in [-0.05, 0) is 12.1 Å². The molecule has 0 unspecified atom stereocenters. The number of aromatic amines is 1. The van der Waals surface area contributed by atoms with E-state index in [0.29, 0.717) is 11.6 Å². The van der Waals surface area contributed by atoms with Crippen molar-refractivity contribution in [2.45, 2.75) is 5.92 Å². The van der Waals surface area contributed by atoms with E-state index in [1.165, 1.54) is 0 Å². The summed E-state index contributed by atoms with van der Waals surface area (Å²) in [7, 11) is 0. The van der Waals surface area contributed by atoms with Gasteiger partial charge in [0.1, 0.15) is 17.7 Å². The van der Waals surface area contributed by atoms with Gasteiger partial charge in [0.2, 0.25) is 0 Å². The molecule has 0 radical (unpaired) electrons. The molecule has 1 aliphatic rings. The molecule has 0 atom stereocenters. The lowest BCUT2D eigenvalue weighted by molar-refractivity contribution is 0.493. The third-order valence-electron chi connectivity index (χ3n) is 4.09. The lowest BCUT2D eigenvalue weighted by Crippen LogP contribution is -2.46. The lowest BCUT2D eigenvalue weighted by Gasteiger charge is -2.39. The van der Waals surface area contributed by atoms with Crippen molar-refractivity contribution < 1.29 is 0 Å². The van der Waals surface area contributed by atoms with E-state index in [9.17, 15) is 0 Å². The van der Waals surface area contributed by atoms with Crippen molar-refractivity contribution in [3.63, 3.8) is 0 Å². The summed E-state index contributed by atoms with van der Waals surface area (Å²) in [5.41, 5.74) is 2.46. The number of pyridine rings is 1. The Morgan fingerprint density at radius 3 is 3.00 bits per heavy atom. The molecule has 0 aromatic carbocycles. The van der Waals surface area contributed by atoms with Crippen LogP contribution in [-0.4, -0.2) is 47.6 Å². The minimum atomic E-state index is 0.352. The van der Waals surface area contributed by atoms with Gasteiger partial charge in [0.15, 0.2) is 17.1 Å². The molecule has 22 heavy (non-hydrogen) atoms. The quantitative estimate of drug-likeness (QED) is 0.593. The van der Waals surface area contributed by atoms with Gasteiger partial charge < -0.3 is 9.88 Å². The summed E-state index contributed by atoms with van der Waals surface area (Å²) in [5.74, 6) is 2.25. The molecule has 0 bridgehead atoms. The van der Waals surface area contributed by atoms with Crippen molar-refractivity contribution in [1.29, 1.82) is 0 Å². The average Bonchev–Trinajstić information content (AvgIpc) is 3.13. The number of aromatic nitrogens is 7. The summed E-state index contributed by atoms with van der Waals surface area (Å²) >= 11 is 0. The summed E-state index contributed by atoms with van der Waals surface area (Å²) in [6, 6.07) is 5.93. The van der Waals surface area contributed by atoms with Gasteiger partial charge in [-0.2, -0.15) is 0 Å². The van der Waals surface area contributed by atoms with E-state index in [-0.39, 0.29) is 0 Å². The molecule has 0 spiro atoms. The fourth-order valence-electron chi connectivity index (χ4n) is 2.95. The summed E-state index contributed by atoms with van der Waals surface area (Å²) in [6.45, 7) is 1.72. The second kappa shape index (κ2) is 4.23. The molecule has 0 saturated carbocycles. The van der Waals surface area contributed by atoms with Crippen molar-refractivity contribution in [3.8, 4) is 0 Å². The van der Waals surface area contributed by atoms with E-state index in [4.69, 9.17) is 0 Å². The highest BCUT2D eigenvalue weighted by atomic mass is 15.3. The van der Waals surface area contributed by atoms with Crippen molar-refractivity contribution in [1.82, 2.24) is 34.5 Å². The highest BCUT2D eigenvalue weighted by Crippen LogP contribution is 2.32. The van der Waals surface area contributed by atoms with Crippen LogP contribution < -0.4 is 4.90 Å². The van der Waals surface area contributed by atoms with Gasteiger partial charge in [-0.15, -0.1) is 10.2 Å². The van der Waals surface area contributed by atoms with E-state index in [1.54, 1.807) is 12.7 Å². The second-order valence-electron chi connectivity index (χ2n) is 5.39. The minimum Gasteiger partial charge on any atom is -0.353 e. The maximum absolute atomic E-state index is 4.38. The predicted octanol–water partition coefficient (Wildman–Crippen LogP) is 0.999. The predicted molar refractivity (Wildman–Crippen MR) is 79.6 cm³/mol. The number of nitrogens with zero attached hydrogens (tertiary/aromatic N) is 7. The van der Waals surface area contributed by atoms with Crippen molar-refractivity contribution in [2.75, 3.05) is 18.0 Å². The first kappa shape index (κ1) is 11.6. The van der Waals surface area contributed by atoms with Crippen LogP contribution in [0.1, 0.15) is 11.7 Å². The summed E-state index contributed by atoms with van der Waals surface area (Å²) < 4.78 is 2.05. The molecule has 4 aromatic rings. The monoisotopic (exact) mass is 292 g/mol. The van der Waals surface area contributed by atoms with Gasteiger partial charge in [0.05, 0.1) is 12.2 Å². The molecular weight excluding hydrogens is 280 g/mol. The molecule has 5 heterocycles. The number of hydrogen-bond acceptors (Lipinski definition) is 6. The normalized spacial score (nSPS) is 15.5. The molecule has 1 aliphatic heterocycles. The van der Waals surface area contributed by atoms with E-state index in [2.05, 4.69) is 35.0 Å². The molecule has 0 aliphatic carbocycles. The van der Waals surface area contributed by atoms with Crippen LogP contribution in [0, 0.1) is 0 Å². The van der Waals surface area contributed by atoms with Gasteiger partial charge >= 0.3 is 0 Å². The third kappa shape index (κ3) is 1.54. The summed E-state index contributed by atoms with van der Waals surface area (Å²) in [5, 5.41) is 8.54. The molecule has 1 saturated heterocycles. The Morgan fingerprint density at radius 1 is 1.09 bits per heavy atom. The Balaban J connectivity index is 1.46. The van der Waals surface area contributed by atoms with Crippen LogP contribution in [0.4, 0.5) is 5.82 Å². The van der Waals surface area contributed by atoms with Gasteiger partial charge in [-0.25, -0.2) is 15.0 Å². The van der Waals surface area contributed by atoms with Crippen molar-refractivity contribution in [2.24, 2.45) is 0 Å². The third-order valence-corrected chi connectivity index (χ3v) is 4.09. The van der Waals surface area contributed by atoms with Gasteiger partial charge in [0, 0.05) is 19.3 Å². The van der Waals surface area contributed by atoms with Gasteiger partial charge in [-0.3, -0.25) is 4.40 Å². The van der Waals surface area contributed by atoms with Crippen LogP contribution in [0.15, 0.2) is 37.1 Å². The number of nitrogens with one attached hydrogen (secondary N) is 1. The van der Waals surface area contributed by atoms with Crippen LogP contribution >= 0.6 is 0 Å². The fraction of sp³-hybridized carbons (Fsp3) is 0.214. The maximum atomic E-state index is 4.38. The van der Waals surface area contributed by atoms with Crippen LogP contribution in [0.2, 0.25) is 0 Å². The van der Waals surface area contributed by atoms with Crippen LogP contribution in [-0.2, 0) is 0 Å². The molecule has 0 amide bonds. The molecule has 5 rings (SSSR count). The first-order valence-electron chi connectivity index (χ1n) is 7.09. The fourth-order valence-corrected chi connectivity index (χ4v) is 2.95. The van der Waals surface area contributed by atoms with E-state index in [0.717, 1.165) is 35.9 Å². The zero-order valence-corrected chi connectivity index (χ0v) is 11.6. The first-order valence-corrected chi connectivity index (χ1v) is 7.09. The van der Waals surface area contributed by atoms with Gasteiger partial charge in [-0.1, -0.05) is 6.07 Å². The topological polar surface area (TPSA) is 87.9 Å². The molecule has 8 nitrogen and oxygen atoms in total. The Morgan fingerprint density at radius 2 is 2.05 bits per heavy atom. The molecule has 4 aromatic heterocycles. The molecule has 8 heteroatoms. The van der Waals surface area contributed by atoms with E-state index in [1.807, 2.05) is 28.8 Å². The van der Waals surface area contributed by atoms with Crippen LogP contribution in [0.3, 0.4) is 0 Å². The van der Waals surface area contributed by atoms with Crippen molar-refractivity contribution >= 4 is 22.6 Å². The van der Waals surface area contributed by atoms with E-state index < -0.39 is 0 Å². The second-order valence-corrected chi connectivity index (χ2v) is 5.39. The Bertz CT molecular complexity index is 965. The SMILES string of the molecule is c1ccn2c(C3CN(c4ncnc5nc[nH]c45)C3)nnc2c1.